The average molecular weight is 491 g/mol. The third-order valence-electron chi connectivity index (χ3n) is 6.25. The number of benzene rings is 1. The number of imidazole rings is 1. The molecule has 4 rings (SSSR count). The molecule has 35 heavy (non-hydrogen) atoms. The molecule has 1 unspecified atom stereocenters. The summed E-state index contributed by atoms with van der Waals surface area (Å²) in [5.74, 6) is -0.887. The van der Waals surface area contributed by atoms with E-state index in [0.717, 1.165) is 23.9 Å². The summed E-state index contributed by atoms with van der Waals surface area (Å²) in [6, 6.07) is 3.82. The number of hydrogen-bond donors (Lipinski definition) is 2. The fraction of sp³-hybridized carbons (Fsp3) is 0.391. The van der Waals surface area contributed by atoms with E-state index in [-0.39, 0.29) is 36.6 Å². The van der Waals surface area contributed by atoms with Crippen molar-refractivity contribution in [1.82, 2.24) is 19.4 Å². The number of carbonyl (C=O) groups excluding carboxylic acids is 2. The van der Waals surface area contributed by atoms with Gasteiger partial charge in [-0.25, -0.2) is 9.78 Å². The van der Waals surface area contributed by atoms with Gasteiger partial charge in [0.2, 0.25) is 11.9 Å². The Morgan fingerprint density at radius 3 is 2.66 bits per heavy atom. The van der Waals surface area contributed by atoms with Gasteiger partial charge in [-0.15, -0.1) is 0 Å². The fourth-order valence-electron chi connectivity index (χ4n) is 4.56. The van der Waals surface area contributed by atoms with Crippen LogP contribution in [0.15, 0.2) is 36.9 Å². The van der Waals surface area contributed by atoms with Crippen LogP contribution in [0.1, 0.15) is 46.2 Å². The highest BCUT2D eigenvalue weighted by Crippen LogP contribution is 2.33. The topological polar surface area (TPSA) is 108 Å². The molecule has 1 aromatic carbocycles. The van der Waals surface area contributed by atoms with Crippen molar-refractivity contribution in [2.24, 2.45) is 0 Å². The summed E-state index contributed by atoms with van der Waals surface area (Å²) in [4.78, 5) is 43.9. The number of amides is 3. The SMILES string of the molecule is C=CC(=O)N1CCCC(n2c(NC(=O)c3cccc(C(F)(F)F)c3)nc3c2CCN(C(=O)O)C3)C1. The van der Waals surface area contributed by atoms with Crippen LogP contribution in [-0.2, 0) is 23.9 Å². The number of carbonyl (C=O) groups is 3. The van der Waals surface area contributed by atoms with Gasteiger partial charge in [0.1, 0.15) is 0 Å². The predicted octanol–water partition coefficient (Wildman–Crippen LogP) is 3.54. The number of nitrogens with one attached hydrogen (secondary N) is 1. The number of halogens is 3. The summed E-state index contributed by atoms with van der Waals surface area (Å²) in [7, 11) is 0. The highest BCUT2D eigenvalue weighted by molar-refractivity contribution is 6.03. The standard InChI is InChI=1S/C23H24F3N5O4/c1-2-19(32)29-9-4-7-16(12-29)31-18-8-10-30(22(34)35)13-17(18)27-21(31)28-20(33)14-5-3-6-15(11-14)23(24,25)26/h2-3,5-6,11,16H,1,4,7-10,12-13H2,(H,34,35)(H,27,28,33). The fourth-order valence-corrected chi connectivity index (χ4v) is 4.56. The van der Waals surface area contributed by atoms with E-state index >= 15 is 0 Å². The molecule has 2 N–H and O–H groups in total. The van der Waals surface area contributed by atoms with E-state index in [1.807, 2.05) is 0 Å². The average Bonchev–Trinajstić information content (AvgIpc) is 3.20. The van der Waals surface area contributed by atoms with Crippen molar-refractivity contribution < 1.29 is 32.7 Å². The first kappa shape index (κ1) is 24.3. The van der Waals surface area contributed by atoms with Crippen molar-refractivity contribution in [2.75, 3.05) is 25.0 Å². The number of carboxylic acid groups (broad SMARTS) is 1. The van der Waals surface area contributed by atoms with Gasteiger partial charge in [-0.1, -0.05) is 12.6 Å². The first-order chi connectivity index (χ1) is 16.6. The number of fused-ring (bicyclic) bond motifs is 1. The van der Waals surface area contributed by atoms with Crippen LogP contribution in [0.2, 0.25) is 0 Å². The molecule has 2 aliphatic rings. The van der Waals surface area contributed by atoms with Crippen LogP contribution in [0.3, 0.4) is 0 Å². The lowest BCUT2D eigenvalue weighted by Gasteiger charge is -2.35. The molecule has 9 nitrogen and oxygen atoms in total. The number of nitrogens with zero attached hydrogens (tertiary/aromatic N) is 4. The molecule has 12 heteroatoms. The lowest BCUT2D eigenvalue weighted by Crippen LogP contribution is -2.41. The number of aromatic nitrogens is 2. The molecule has 0 radical (unpaired) electrons. The number of hydrogen-bond acceptors (Lipinski definition) is 4. The van der Waals surface area contributed by atoms with E-state index in [1.54, 1.807) is 9.47 Å². The first-order valence-corrected chi connectivity index (χ1v) is 11.1. The van der Waals surface area contributed by atoms with Gasteiger partial charge < -0.3 is 19.5 Å². The monoisotopic (exact) mass is 491 g/mol. The summed E-state index contributed by atoms with van der Waals surface area (Å²) >= 11 is 0. The van der Waals surface area contributed by atoms with Gasteiger partial charge in [0, 0.05) is 37.3 Å². The van der Waals surface area contributed by atoms with Crippen LogP contribution >= 0.6 is 0 Å². The van der Waals surface area contributed by atoms with E-state index in [4.69, 9.17) is 0 Å². The maximum atomic E-state index is 13.1. The highest BCUT2D eigenvalue weighted by Gasteiger charge is 2.34. The second kappa shape index (κ2) is 9.43. The zero-order valence-corrected chi connectivity index (χ0v) is 18.7. The third-order valence-corrected chi connectivity index (χ3v) is 6.25. The molecular weight excluding hydrogens is 467 g/mol. The Kier molecular flexibility index (Phi) is 6.55. The predicted molar refractivity (Wildman–Crippen MR) is 119 cm³/mol. The molecular formula is C23H24F3N5O4. The molecule has 186 valence electrons. The summed E-state index contributed by atoms with van der Waals surface area (Å²) in [5, 5.41) is 12.0. The Labute approximate surface area is 198 Å². The largest absolute Gasteiger partial charge is 0.465 e. The minimum atomic E-state index is -4.60. The zero-order valence-electron chi connectivity index (χ0n) is 18.7. The maximum absolute atomic E-state index is 13.1. The maximum Gasteiger partial charge on any atom is 0.416 e. The Bertz CT molecular complexity index is 1180. The Balaban J connectivity index is 1.68. The van der Waals surface area contributed by atoms with Crippen LogP contribution < -0.4 is 5.32 Å². The van der Waals surface area contributed by atoms with Crippen LogP contribution in [0.4, 0.5) is 23.9 Å². The van der Waals surface area contributed by atoms with Gasteiger partial charge in [-0.05, 0) is 37.1 Å². The lowest BCUT2D eigenvalue weighted by atomic mass is 10.0. The Hall–Kier alpha value is -3.83. The van der Waals surface area contributed by atoms with Crippen LogP contribution in [0.5, 0.6) is 0 Å². The highest BCUT2D eigenvalue weighted by atomic mass is 19.4. The van der Waals surface area contributed by atoms with Gasteiger partial charge in [-0.2, -0.15) is 13.2 Å². The van der Waals surface area contributed by atoms with E-state index < -0.39 is 23.7 Å². The first-order valence-electron chi connectivity index (χ1n) is 11.1. The van der Waals surface area contributed by atoms with E-state index in [0.29, 0.717) is 38.0 Å². The molecule has 2 aromatic rings. The molecule has 0 aliphatic carbocycles. The van der Waals surface area contributed by atoms with Crippen molar-refractivity contribution in [3.05, 3.63) is 59.4 Å². The van der Waals surface area contributed by atoms with Crippen molar-refractivity contribution in [3.63, 3.8) is 0 Å². The second-order valence-corrected chi connectivity index (χ2v) is 8.47. The number of rotatable bonds is 4. The lowest BCUT2D eigenvalue weighted by molar-refractivity contribution is -0.137. The quantitative estimate of drug-likeness (QED) is 0.637. The Morgan fingerprint density at radius 1 is 1.20 bits per heavy atom. The third kappa shape index (κ3) is 5.00. The molecule has 0 bridgehead atoms. The van der Waals surface area contributed by atoms with E-state index in [1.165, 1.54) is 17.0 Å². The van der Waals surface area contributed by atoms with Crippen molar-refractivity contribution in [1.29, 1.82) is 0 Å². The molecule has 2 aliphatic heterocycles. The van der Waals surface area contributed by atoms with Crippen molar-refractivity contribution >= 4 is 23.9 Å². The van der Waals surface area contributed by atoms with Gasteiger partial charge in [0.05, 0.1) is 23.8 Å². The van der Waals surface area contributed by atoms with Gasteiger partial charge >= 0.3 is 12.3 Å². The smallest absolute Gasteiger partial charge is 0.416 e. The number of alkyl halides is 3. The van der Waals surface area contributed by atoms with E-state index in [9.17, 15) is 32.7 Å². The van der Waals surface area contributed by atoms with Crippen molar-refractivity contribution in [2.45, 2.75) is 38.0 Å². The second-order valence-electron chi connectivity index (χ2n) is 8.47. The van der Waals surface area contributed by atoms with Gasteiger partial charge in [0.25, 0.3) is 5.91 Å². The summed E-state index contributed by atoms with van der Waals surface area (Å²) in [5.41, 5.74) is 0.0623. The van der Waals surface area contributed by atoms with Gasteiger partial charge in [-0.3, -0.25) is 14.9 Å². The number of anilines is 1. The molecule has 1 aromatic heterocycles. The molecule has 0 spiro atoms. The molecule has 3 heterocycles. The molecule has 3 amide bonds. The van der Waals surface area contributed by atoms with Crippen LogP contribution in [-0.4, -0.2) is 62.0 Å². The van der Waals surface area contributed by atoms with Crippen molar-refractivity contribution in [3.8, 4) is 0 Å². The van der Waals surface area contributed by atoms with E-state index in [2.05, 4.69) is 16.9 Å². The molecule has 1 fully saturated rings. The molecule has 1 atom stereocenters. The van der Waals surface area contributed by atoms with Gasteiger partial charge in [0.15, 0.2) is 0 Å². The summed E-state index contributed by atoms with van der Waals surface area (Å²) < 4.78 is 41.1. The molecule has 0 saturated carbocycles. The normalized spacial score (nSPS) is 18.1. The number of likely N-dealkylation sites (tertiary alicyclic amines) is 1. The summed E-state index contributed by atoms with van der Waals surface area (Å²) in [6.07, 6.45) is -2.75. The number of piperidine rings is 1. The minimum Gasteiger partial charge on any atom is -0.465 e. The molecule has 1 saturated heterocycles. The van der Waals surface area contributed by atoms with Crippen LogP contribution in [0, 0.1) is 0 Å². The Morgan fingerprint density at radius 2 is 1.97 bits per heavy atom. The summed E-state index contributed by atoms with van der Waals surface area (Å²) in [6.45, 7) is 4.67. The van der Waals surface area contributed by atoms with Crippen LogP contribution in [0.25, 0.3) is 0 Å². The zero-order chi connectivity index (χ0) is 25.3. The minimum absolute atomic E-state index is 0.0200.